The molecule has 0 bridgehead atoms. The number of hydrogen-bond acceptors (Lipinski definition) is 7. The van der Waals surface area contributed by atoms with Gasteiger partial charge in [0, 0.05) is 23.5 Å². The molecular formula is C19H16N4O5S2. The number of H-pyrrole nitrogens is 2. The number of rotatable bonds is 6. The lowest BCUT2D eigenvalue weighted by Crippen LogP contribution is -2.25. The molecule has 4 aromatic rings. The summed E-state index contributed by atoms with van der Waals surface area (Å²) in [7, 11) is 0. The number of aliphatic hydroxyl groups excluding tert-OH is 1. The molecular weight excluding hydrogens is 428 g/mol. The van der Waals surface area contributed by atoms with E-state index >= 15 is 0 Å². The van der Waals surface area contributed by atoms with Gasteiger partial charge >= 0.3 is 0 Å². The van der Waals surface area contributed by atoms with E-state index in [1.54, 1.807) is 36.4 Å². The molecule has 0 radical (unpaired) electrons. The van der Waals surface area contributed by atoms with Crippen LogP contribution >= 0.6 is 24.4 Å². The van der Waals surface area contributed by atoms with Crippen LogP contribution in [0.3, 0.4) is 0 Å². The standard InChI is InChI=1S/C19H16N4O5S2/c24-11(7-16(25)20-9-1-3-12-14(5-9)27-18(29)22-12)8-17(26)21-10-2-4-13-15(6-10)28-19(30)23-13/h1-6,11,24H,7-8H2,(H,20,25)(H,21,26)(H,22,29)(H,23,30). The number of fused-ring (bicyclic) bond motifs is 2. The zero-order valence-electron chi connectivity index (χ0n) is 15.4. The summed E-state index contributed by atoms with van der Waals surface area (Å²) >= 11 is 9.84. The first-order chi connectivity index (χ1) is 14.4. The van der Waals surface area contributed by atoms with Crippen LogP contribution in [0.25, 0.3) is 22.2 Å². The lowest BCUT2D eigenvalue weighted by Gasteiger charge is -2.11. The summed E-state index contributed by atoms with van der Waals surface area (Å²) in [6.07, 6.45) is -1.63. The molecule has 2 heterocycles. The zero-order valence-corrected chi connectivity index (χ0v) is 17.0. The number of oxazole rings is 2. The third-order valence-corrected chi connectivity index (χ3v) is 4.62. The average Bonchev–Trinajstić information content (AvgIpc) is 3.20. The number of aliphatic hydroxyl groups is 1. The molecule has 0 aliphatic heterocycles. The van der Waals surface area contributed by atoms with Gasteiger partial charge in [0.25, 0.3) is 9.67 Å². The molecule has 0 aliphatic rings. The molecule has 11 heteroatoms. The van der Waals surface area contributed by atoms with E-state index in [2.05, 4.69) is 20.6 Å². The van der Waals surface area contributed by atoms with Crippen molar-refractivity contribution in [3.63, 3.8) is 0 Å². The predicted molar refractivity (Wildman–Crippen MR) is 115 cm³/mol. The molecule has 0 fully saturated rings. The Morgan fingerprint density at radius 2 is 1.30 bits per heavy atom. The van der Waals surface area contributed by atoms with E-state index in [-0.39, 0.29) is 22.5 Å². The van der Waals surface area contributed by atoms with E-state index in [1.165, 1.54) is 0 Å². The first-order valence-corrected chi connectivity index (χ1v) is 9.71. The zero-order chi connectivity index (χ0) is 21.3. The lowest BCUT2D eigenvalue weighted by atomic mass is 10.1. The van der Waals surface area contributed by atoms with E-state index in [1.807, 2.05) is 0 Å². The summed E-state index contributed by atoms with van der Waals surface area (Å²) in [4.78, 5) is 30.5. The summed E-state index contributed by atoms with van der Waals surface area (Å²) in [6.45, 7) is 0. The number of carbonyl (C=O) groups is 2. The fraction of sp³-hybridized carbons (Fsp3) is 0.158. The van der Waals surface area contributed by atoms with Crippen LogP contribution in [0.4, 0.5) is 11.4 Å². The Hall–Kier alpha value is -3.28. The third kappa shape index (κ3) is 4.64. The second kappa shape index (κ2) is 8.22. The van der Waals surface area contributed by atoms with Crippen LogP contribution in [0.15, 0.2) is 45.2 Å². The number of aromatic amines is 2. The van der Waals surface area contributed by atoms with Crippen LogP contribution in [-0.4, -0.2) is 33.0 Å². The van der Waals surface area contributed by atoms with Gasteiger partial charge in [-0.15, -0.1) is 0 Å². The maximum atomic E-state index is 12.2. The molecule has 5 N–H and O–H groups in total. The van der Waals surface area contributed by atoms with Crippen molar-refractivity contribution in [1.29, 1.82) is 0 Å². The summed E-state index contributed by atoms with van der Waals surface area (Å²) in [5, 5.41) is 15.4. The van der Waals surface area contributed by atoms with Crippen LogP contribution < -0.4 is 10.6 Å². The fourth-order valence-corrected chi connectivity index (χ4v) is 3.37. The molecule has 4 rings (SSSR count). The van der Waals surface area contributed by atoms with Gasteiger partial charge in [-0.2, -0.15) is 0 Å². The highest BCUT2D eigenvalue weighted by Crippen LogP contribution is 2.20. The Morgan fingerprint density at radius 1 is 0.867 bits per heavy atom. The Kier molecular flexibility index (Phi) is 5.48. The third-order valence-electron chi connectivity index (χ3n) is 4.25. The fourth-order valence-electron chi connectivity index (χ4n) is 2.97. The van der Waals surface area contributed by atoms with Crippen molar-refractivity contribution in [2.75, 3.05) is 10.6 Å². The molecule has 30 heavy (non-hydrogen) atoms. The van der Waals surface area contributed by atoms with Gasteiger partial charge in [-0.25, -0.2) is 0 Å². The lowest BCUT2D eigenvalue weighted by molar-refractivity contribution is -0.120. The van der Waals surface area contributed by atoms with Crippen LogP contribution in [0.2, 0.25) is 0 Å². The number of benzene rings is 2. The minimum atomic E-state index is -1.15. The summed E-state index contributed by atoms with van der Waals surface area (Å²) < 4.78 is 10.6. The minimum absolute atomic E-state index is 0.240. The van der Waals surface area contributed by atoms with Crippen LogP contribution in [0.5, 0.6) is 0 Å². The van der Waals surface area contributed by atoms with Crippen molar-refractivity contribution >= 4 is 69.8 Å². The monoisotopic (exact) mass is 444 g/mol. The molecule has 0 unspecified atom stereocenters. The molecule has 0 saturated heterocycles. The van der Waals surface area contributed by atoms with Gasteiger partial charge < -0.3 is 34.5 Å². The van der Waals surface area contributed by atoms with Crippen molar-refractivity contribution in [3.05, 3.63) is 46.1 Å². The summed E-state index contributed by atoms with van der Waals surface area (Å²) in [6, 6.07) is 10.0. The Labute approximate surface area is 179 Å². The molecule has 2 amide bonds. The van der Waals surface area contributed by atoms with Crippen LogP contribution in [0, 0.1) is 9.67 Å². The second-order valence-corrected chi connectivity index (χ2v) is 7.35. The molecule has 0 spiro atoms. The first-order valence-electron chi connectivity index (χ1n) is 8.89. The van der Waals surface area contributed by atoms with Gasteiger partial charge in [0.05, 0.1) is 30.0 Å². The SMILES string of the molecule is O=C(CC(O)CC(=O)Nc1ccc2[nH]c(=S)oc2c1)Nc1ccc2[nH]c(=S)oc2c1. The van der Waals surface area contributed by atoms with Gasteiger partial charge in [0.15, 0.2) is 11.2 Å². The summed E-state index contributed by atoms with van der Waals surface area (Å²) in [5.41, 5.74) is 3.42. The Morgan fingerprint density at radius 3 is 1.73 bits per heavy atom. The second-order valence-electron chi connectivity index (χ2n) is 6.61. The molecule has 0 atom stereocenters. The molecule has 9 nitrogen and oxygen atoms in total. The van der Waals surface area contributed by atoms with Crippen molar-refractivity contribution < 1.29 is 23.5 Å². The molecule has 2 aromatic heterocycles. The Bertz CT molecular complexity index is 1260. The number of nitrogens with one attached hydrogen (secondary N) is 4. The van der Waals surface area contributed by atoms with E-state index in [4.69, 9.17) is 33.3 Å². The minimum Gasteiger partial charge on any atom is -0.429 e. The highest BCUT2D eigenvalue weighted by Gasteiger charge is 2.16. The molecule has 154 valence electrons. The highest BCUT2D eigenvalue weighted by atomic mass is 32.1. The smallest absolute Gasteiger partial charge is 0.266 e. The van der Waals surface area contributed by atoms with Crippen molar-refractivity contribution in [2.45, 2.75) is 18.9 Å². The van der Waals surface area contributed by atoms with E-state index in [9.17, 15) is 14.7 Å². The topological polar surface area (TPSA) is 136 Å². The largest absolute Gasteiger partial charge is 0.429 e. The predicted octanol–water partition coefficient (Wildman–Crippen LogP) is 4.01. The quantitative estimate of drug-likeness (QED) is 0.283. The van der Waals surface area contributed by atoms with Gasteiger partial charge in [-0.3, -0.25) is 9.59 Å². The van der Waals surface area contributed by atoms with Crippen LogP contribution in [-0.2, 0) is 9.59 Å². The highest BCUT2D eigenvalue weighted by molar-refractivity contribution is 7.71. The molecule has 0 saturated carbocycles. The maximum Gasteiger partial charge on any atom is 0.266 e. The Balaban J connectivity index is 1.31. The van der Waals surface area contributed by atoms with Crippen molar-refractivity contribution in [1.82, 2.24) is 9.97 Å². The normalized spacial score (nSPS) is 11.3. The maximum absolute atomic E-state index is 12.2. The number of amides is 2. The van der Waals surface area contributed by atoms with Crippen molar-refractivity contribution in [2.24, 2.45) is 0 Å². The van der Waals surface area contributed by atoms with Gasteiger partial charge in [-0.1, -0.05) is 0 Å². The average molecular weight is 444 g/mol. The van der Waals surface area contributed by atoms with E-state index < -0.39 is 17.9 Å². The van der Waals surface area contributed by atoms with Gasteiger partial charge in [0.1, 0.15) is 0 Å². The molecule has 2 aromatic carbocycles. The van der Waals surface area contributed by atoms with Crippen molar-refractivity contribution in [3.8, 4) is 0 Å². The molecule has 0 aliphatic carbocycles. The van der Waals surface area contributed by atoms with Crippen LogP contribution in [0.1, 0.15) is 12.8 Å². The van der Waals surface area contributed by atoms with Gasteiger partial charge in [0.2, 0.25) is 11.8 Å². The summed E-state index contributed by atoms with van der Waals surface area (Å²) in [5.74, 6) is -0.872. The van der Waals surface area contributed by atoms with E-state index in [0.717, 1.165) is 0 Å². The van der Waals surface area contributed by atoms with E-state index in [0.29, 0.717) is 33.6 Å². The number of carbonyl (C=O) groups excluding carboxylic acids is 2. The first kappa shape index (κ1) is 20.0. The number of aromatic nitrogens is 2. The number of hydrogen-bond donors (Lipinski definition) is 5. The number of anilines is 2. The van der Waals surface area contributed by atoms with Gasteiger partial charge in [-0.05, 0) is 48.7 Å².